The standard InChI is InChI=1S/C17H14FNO3/c1-10(2)11-3-6-13(7-4-11)19-16(20)14-9-12(18)5-8-15(14)22-17(19)21/h3-10H,1-2H3. The summed E-state index contributed by atoms with van der Waals surface area (Å²) in [4.78, 5) is 24.5. The molecule has 4 nitrogen and oxygen atoms in total. The molecule has 112 valence electrons. The Bertz CT molecular complexity index is 952. The monoisotopic (exact) mass is 299 g/mol. The Hall–Kier alpha value is -2.69. The van der Waals surface area contributed by atoms with E-state index in [2.05, 4.69) is 0 Å². The van der Waals surface area contributed by atoms with E-state index in [1.165, 1.54) is 6.07 Å². The van der Waals surface area contributed by atoms with E-state index in [1.807, 2.05) is 26.0 Å². The summed E-state index contributed by atoms with van der Waals surface area (Å²) in [5.41, 5.74) is 0.969. The molecule has 22 heavy (non-hydrogen) atoms. The first kappa shape index (κ1) is 14.3. The number of rotatable bonds is 2. The van der Waals surface area contributed by atoms with Crippen molar-refractivity contribution < 1.29 is 8.81 Å². The number of fused-ring (bicyclic) bond motifs is 1. The molecule has 0 atom stereocenters. The molecule has 0 amide bonds. The third kappa shape index (κ3) is 2.35. The van der Waals surface area contributed by atoms with Crippen molar-refractivity contribution in [2.75, 3.05) is 0 Å². The summed E-state index contributed by atoms with van der Waals surface area (Å²) in [7, 11) is 0. The minimum Gasteiger partial charge on any atom is -0.409 e. The highest BCUT2D eigenvalue weighted by Crippen LogP contribution is 2.16. The Morgan fingerprint density at radius 3 is 2.36 bits per heavy atom. The van der Waals surface area contributed by atoms with Crippen molar-refractivity contribution in [1.82, 2.24) is 4.57 Å². The summed E-state index contributed by atoms with van der Waals surface area (Å²) < 4.78 is 19.3. The lowest BCUT2D eigenvalue weighted by atomic mass is 10.0. The average molecular weight is 299 g/mol. The van der Waals surface area contributed by atoms with Gasteiger partial charge in [-0.05, 0) is 41.8 Å². The number of hydrogen-bond donors (Lipinski definition) is 0. The second-order valence-electron chi connectivity index (χ2n) is 5.40. The first-order chi connectivity index (χ1) is 10.5. The van der Waals surface area contributed by atoms with Gasteiger partial charge in [-0.25, -0.2) is 13.8 Å². The molecule has 1 heterocycles. The van der Waals surface area contributed by atoms with Crippen LogP contribution in [0.3, 0.4) is 0 Å². The topological polar surface area (TPSA) is 52.2 Å². The van der Waals surface area contributed by atoms with Crippen molar-refractivity contribution in [2.24, 2.45) is 0 Å². The Balaban J connectivity index is 2.26. The first-order valence-electron chi connectivity index (χ1n) is 6.93. The number of nitrogens with zero attached hydrogens (tertiary/aromatic N) is 1. The van der Waals surface area contributed by atoms with Crippen LogP contribution in [0.15, 0.2) is 56.5 Å². The third-order valence-corrected chi connectivity index (χ3v) is 3.57. The van der Waals surface area contributed by atoms with Crippen molar-refractivity contribution in [2.45, 2.75) is 19.8 Å². The molecule has 0 aliphatic heterocycles. The van der Waals surface area contributed by atoms with Crippen LogP contribution in [-0.4, -0.2) is 4.57 Å². The quantitative estimate of drug-likeness (QED) is 0.730. The van der Waals surface area contributed by atoms with E-state index in [9.17, 15) is 14.0 Å². The second kappa shape index (κ2) is 5.26. The van der Waals surface area contributed by atoms with Gasteiger partial charge in [0.25, 0.3) is 5.56 Å². The highest BCUT2D eigenvalue weighted by Gasteiger charge is 2.12. The summed E-state index contributed by atoms with van der Waals surface area (Å²) >= 11 is 0. The predicted molar refractivity (Wildman–Crippen MR) is 82.1 cm³/mol. The molecular formula is C17H14FNO3. The highest BCUT2D eigenvalue weighted by molar-refractivity contribution is 5.75. The van der Waals surface area contributed by atoms with Gasteiger partial charge in [0.2, 0.25) is 0 Å². The second-order valence-corrected chi connectivity index (χ2v) is 5.40. The molecule has 2 aromatic carbocycles. The number of aromatic nitrogens is 1. The molecule has 0 bridgehead atoms. The molecule has 3 aromatic rings. The Labute approximate surface area is 125 Å². The lowest BCUT2D eigenvalue weighted by Gasteiger charge is -2.08. The average Bonchev–Trinajstić information content (AvgIpc) is 2.49. The van der Waals surface area contributed by atoms with E-state index in [4.69, 9.17) is 4.42 Å². The van der Waals surface area contributed by atoms with Gasteiger partial charge in [-0.2, -0.15) is 0 Å². The van der Waals surface area contributed by atoms with Crippen LogP contribution in [0.1, 0.15) is 25.3 Å². The molecule has 0 saturated heterocycles. The van der Waals surface area contributed by atoms with Gasteiger partial charge in [-0.15, -0.1) is 0 Å². The summed E-state index contributed by atoms with van der Waals surface area (Å²) in [5, 5.41) is 0.0348. The lowest BCUT2D eigenvalue weighted by molar-refractivity contribution is 0.502. The minimum atomic E-state index is -0.790. The summed E-state index contributed by atoms with van der Waals surface area (Å²) in [5.74, 6) is -1.01. The van der Waals surface area contributed by atoms with Gasteiger partial charge in [0.05, 0.1) is 11.1 Å². The Morgan fingerprint density at radius 1 is 1.05 bits per heavy atom. The molecule has 0 radical (unpaired) electrons. The predicted octanol–water partition coefficient (Wildman–Crippen LogP) is 3.21. The van der Waals surface area contributed by atoms with Gasteiger partial charge in [0.1, 0.15) is 11.4 Å². The van der Waals surface area contributed by atoms with E-state index in [0.717, 1.165) is 22.3 Å². The molecule has 3 rings (SSSR count). The van der Waals surface area contributed by atoms with Crippen LogP contribution in [-0.2, 0) is 0 Å². The third-order valence-electron chi connectivity index (χ3n) is 3.57. The van der Waals surface area contributed by atoms with Crippen molar-refractivity contribution >= 4 is 11.0 Å². The SMILES string of the molecule is CC(C)c1ccc(-n2c(=O)oc3ccc(F)cc3c2=O)cc1. The van der Waals surface area contributed by atoms with Gasteiger partial charge in [0, 0.05) is 0 Å². The summed E-state index contributed by atoms with van der Waals surface area (Å²) in [6, 6.07) is 10.5. The fourth-order valence-corrected chi connectivity index (χ4v) is 2.33. The van der Waals surface area contributed by atoms with Gasteiger partial charge >= 0.3 is 5.76 Å². The van der Waals surface area contributed by atoms with Crippen LogP contribution in [0.4, 0.5) is 4.39 Å². The van der Waals surface area contributed by atoms with Crippen LogP contribution >= 0.6 is 0 Å². The van der Waals surface area contributed by atoms with Crippen LogP contribution < -0.4 is 11.3 Å². The normalized spacial score (nSPS) is 11.3. The van der Waals surface area contributed by atoms with Crippen LogP contribution in [0.25, 0.3) is 16.7 Å². The molecule has 0 unspecified atom stereocenters. The van der Waals surface area contributed by atoms with E-state index in [1.54, 1.807) is 12.1 Å². The molecule has 0 spiro atoms. The molecule has 0 aliphatic carbocycles. The Kier molecular flexibility index (Phi) is 3.41. The maximum Gasteiger partial charge on any atom is 0.426 e. The minimum absolute atomic E-state index is 0.0348. The van der Waals surface area contributed by atoms with Crippen LogP contribution in [0.2, 0.25) is 0 Å². The number of benzene rings is 2. The van der Waals surface area contributed by atoms with E-state index >= 15 is 0 Å². The van der Waals surface area contributed by atoms with Crippen molar-refractivity contribution in [3.8, 4) is 5.69 Å². The molecule has 0 fully saturated rings. The Morgan fingerprint density at radius 2 is 1.73 bits per heavy atom. The highest BCUT2D eigenvalue weighted by atomic mass is 19.1. The molecule has 0 saturated carbocycles. The van der Waals surface area contributed by atoms with Crippen molar-refractivity contribution in [3.63, 3.8) is 0 Å². The van der Waals surface area contributed by atoms with Crippen molar-refractivity contribution in [3.05, 3.63) is 74.7 Å². The zero-order valence-corrected chi connectivity index (χ0v) is 12.2. The molecule has 1 aromatic heterocycles. The molecule has 0 N–H and O–H groups in total. The van der Waals surface area contributed by atoms with Gasteiger partial charge in [-0.3, -0.25) is 4.79 Å². The maximum atomic E-state index is 13.3. The zero-order chi connectivity index (χ0) is 15.9. The van der Waals surface area contributed by atoms with Gasteiger partial charge < -0.3 is 4.42 Å². The number of hydrogen-bond acceptors (Lipinski definition) is 3. The largest absolute Gasteiger partial charge is 0.426 e. The van der Waals surface area contributed by atoms with E-state index < -0.39 is 17.1 Å². The van der Waals surface area contributed by atoms with Crippen molar-refractivity contribution in [1.29, 1.82) is 0 Å². The summed E-state index contributed by atoms with van der Waals surface area (Å²) in [6.45, 7) is 4.10. The maximum absolute atomic E-state index is 13.3. The molecule has 0 aliphatic rings. The number of halogens is 1. The smallest absolute Gasteiger partial charge is 0.409 e. The van der Waals surface area contributed by atoms with Gasteiger partial charge in [0.15, 0.2) is 0 Å². The van der Waals surface area contributed by atoms with Gasteiger partial charge in [-0.1, -0.05) is 26.0 Å². The fourth-order valence-electron chi connectivity index (χ4n) is 2.33. The van der Waals surface area contributed by atoms with Crippen LogP contribution in [0, 0.1) is 5.82 Å². The van der Waals surface area contributed by atoms with E-state index in [-0.39, 0.29) is 11.0 Å². The molecule has 5 heteroatoms. The first-order valence-corrected chi connectivity index (χ1v) is 6.93. The van der Waals surface area contributed by atoms with Crippen LogP contribution in [0.5, 0.6) is 0 Å². The van der Waals surface area contributed by atoms with E-state index in [0.29, 0.717) is 11.6 Å². The zero-order valence-electron chi connectivity index (χ0n) is 12.2. The summed E-state index contributed by atoms with van der Waals surface area (Å²) in [6.07, 6.45) is 0. The molecular weight excluding hydrogens is 285 g/mol. The fraction of sp³-hybridized carbons (Fsp3) is 0.176. The lowest BCUT2D eigenvalue weighted by Crippen LogP contribution is -2.31.